The summed E-state index contributed by atoms with van der Waals surface area (Å²) in [6.07, 6.45) is 1.56. The van der Waals surface area contributed by atoms with Crippen LogP contribution in [-0.4, -0.2) is 34.1 Å². The van der Waals surface area contributed by atoms with E-state index < -0.39 is 0 Å². The zero-order valence-electron chi connectivity index (χ0n) is 10.8. The van der Waals surface area contributed by atoms with Crippen molar-refractivity contribution < 1.29 is 5.11 Å². The number of piperidine rings is 1. The summed E-state index contributed by atoms with van der Waals surface area (Å²) in [5.41, 5.74) is 7.82. The lowest BCUT2D eigenvalue weighted by molar-refractivity contribution is 0.102. The van der Waals surface area contributed by atoms with Gasteiger partial charge in [0.15, 0.2) is 0 Å². The highest BCUT2D eigenvalue weighted by atomic mass is 16.3. The van der Waals surface area contributed by atoms with Crippen LogP contribution in [0.5, 0.6) is 0 Å². The highest BCUT2D eigenvalue weighted by Crippen LogP contribution is 2.30. The maximum absolute atomic E-state index is 9.94. The molecule has 2 rings (SSSR count). The monoisotopic (exact) mass is 238 g/mol. The molecular weight excluding hydrogens is 216 g/mol. The smallest absolute Gasteiger partial charge is 0.150 e. The van der Waals surface area contributed by atoms with Crippen molar-refractivity contribution in [1.82, 2.24) is 9.78 Å². The van der Waals surface area contributed by atoms with Crippen LogP contribution in [0.25, 0.3) is 0 Å². The summed E-state index contributed by atoms with van der Waals surface area (Å²) in [4.78, 5) is 2.14. The van der Waals surface area contributed by atoms with Gasteiger partial charge in [-0.3, -0.25) is 4.68 Å². The average Bonchev–Trinajstić information content (AvgIpc) is 2.58. The number of aliphatic hydroxyl groups is 1. The summed E-state index contributed by atoms with van der Waals surface area (Å²) in [5, 5.41) is 14.4. The summed E-state index contributed by atoms with van der Waals surface area (Å²) < 4.78 is 1.83. The fraction of sp³-hybridized carbons (Fsp3) is 0.750. The van der Waals surface area contributed by atoms with Gasteiger partial charge in [-0.1, -0.05) is 13.8 Å². The van der Waals surface area contributed by atoms with Gasteiger partial charge in [-0.2, -0.15) is 5.10 Å². The molecule has 5 heteroatoms. The van der Waals surface area contributed by atoms with Gasteiger partial charge in [-0.25, -0.2) is 0 Å². The lowest BCUT2D eigenvalue weighted by Gasteiger charge is -2.35. The largest absolute Gasteiger partial charge is 0.394 e. The van der Waals surface area contributed by atoms with E-state index in [9.17, 15) is 5.11 Å². The number of rotatable bonds is 2. The highest BCUT2D eigenvalue weighted by Gasteiger charge is 2.28. The van der Waals surface area contributed by atoms with Crippen LogP contribution < -0.4 is 10.6 Å². The number of aryl methyl sites for hydroxylation is 2. The molecule has 2 unspecified atom stereocenters. The zero-order chi connectivity index (χ0) is 12.6. The number of nitrogens with zero attached hydrogens (tertiary/aromatic N) is 3. The fourth-order valence-corrected chi connectivity index (χ4v) is 2.46. The summed E-state index contributed by atoms with van der Waals surface area (Å²) in [5.74, 6) is 1.32. The predicted molar refractivity (Wildman–Crippen MR) is 69.0 cm³/mol. The van der Waals surface area contributed by atoms with Gasteiger partial charge in [0.2, 0.25) is 0 Å². The van der Waals surface area contributed by atoms with E-state index in [0.717, 1.165) is 36.6 Å². The Morgan fingerprint density at radius 3 is 2.76 bits per heavy atom. The second-order valence-electron chi connectivity index (χ2n) is 4.94. The van der Waals surface area contributed by atoms with Crippen LogP contribution in [-0.2, 0) is 13.5 Å². The quantitative estimate of drug-likeness (QED) is 0.798. The number of β-amino-alcohol motifs (C(OH)–C–C–N with tert-alkyl or cyclic N) is 1. The normalized spacial score (nSPS) is 25.3. The van der Waals surface area contributed by atoms with Crippen molar-refractivity contribution in [1.29, 1.82) is 0 Å². The van der Waals surface area contributed by atoms with Crippen molar-refractivity contribution in [2.24, 2.45) is 13.0 Å². The maximum atomic E-state index is 9.94. The molecule has 2 heterocycles. The molecule has 0 bridgehead atoms. The van der Waals surface area contributed by atoms with E-state index in [1.54, 1.807) is 0 Å². The molecule has 1 aromatic rings. The topological polar surface area (TPSA) is 67.3 Å². The number of aromatic nitrogens is 2. The molecule has 0 aliphatic carbocycles. The molecule has 3 N–H and O–H groups in total. The van der Waals surface area contributed by atoms with Gasteiger partial charge in [0.25, 0.3) is 0 Å². The summed E-state index contributed by atoms with van der Waals surface area (Å²) in [6.45, 7) is 5.72. The molecule has 2 atom stereocenters. The van der Waals surface area contributed by atoms with Gasteiger partial charge >= 0.3 is 0 Å². The molecule has 1 fully saturated rings. The van der Waals surface area contributed by atoms with Crippen molar-refractivity contribution in [2.75, 3.05) is 23.7 Å². The number of hydrogen-bond acceptors (Lipinski definition) is 4. The first-order valence-corrected chi connectivity index (χ1v) is 6.29. The molecule has 0 saturated carbocycles. The first-order chi connectivity index (χ1) is 8.04. The van der Waals surface area contributed by atoms with Crippen molar-refractivity contribution in [3.8, 4) is 0 Å². The Morgan fingerprint density at radius 1 is 1.53 bits per heavy atom. The van der Waals surface area contributed by atoms with Crippen LogP contribution in [0.15, 0.2) is 0 Å². The first kappa shape index (κ1) is 12.2. The summed E-state index contributed by atoms with van der Waals surface area (Å²) >= 11 is 0. The lowest BCUT2D eigenvalue weighted by atomic mass is 9.96. The van der Waals surface area contributed by atoms with Crippen LogP contribution in [0.4, 0.5) is 11.5 Å². The standard InChI is InChI=1S/C12H22N4O/c1-4-9-11(13)12(15(3)14-9)16-6-5-8(2)10(17)7-16/h8,10,17H,4-7,13H2,1-3H3. The van der Waals surface area contributed by atoms with E-state index in [0.29, 0.717) is 12.5 Å². The van der Waals surface area contributed by atoms with Crippen LogP contribution in [0, 0.1) is 5.92 Å². The zero-order valence-corrected chi connectivity index (χ0v) is 10.8. The third-order valence-corrected chi connectivity index (χ3v) is 3.68. The van der Waals surface area contributed by atoms with Crippen LogP contribution in [0.1, 0.15) is 26.0 Å². The molecule has 0 aromatic carbocycles. The van der Waals surface area contributed by atoms with Crippen molar-refractivity contribution in [3.05, 3.63) is 5.69 Å². The van der Waals surface area contributed by atoms with Crippen LogP contribution >= 0.6 is 0 Å². The van der Waals surface area contributed by atoms with E-state index >= 15 is 0 Å². The number of nitrogens with two attached hydrogens (primary N) is 1. The predicted octanol–water partition coefficient (Wildman–Crippen LogP) is 0.772. The second-order valence-corrected chi connectivity index (χ2v) is 4.94. The maximum Gasteiger partial charge on any atom is 0.150 e. The molecular formula is C12H22N4O. The molecule has 1 saturated heterocycles. The fourth-order valence-electron chi connectivity index (χ4n) is 2.46. The Balaban J connectivity index is 2.25. The molecule has 1 aromatic heterocycles. The van der Waals surface area contributed by atoms with Gasteiger partial charge in [0, 0.05) is 20.1 Å². The number of anilines is 2. The van der Waals surface area contributed by atoms with Gasteiger partial charge in [0.05, 0.1) is 17.5 Å². The van der Waals surface area contributed by atoms with Gasteiger partial charge in [-0.15, -0.1) is 0 Å². The van der Waals surface area contributed by atoms with Gasteiger partial charge in [-0.05, 0) is 18.8 Å². The SMILES string of the molecule is CCc1nn(C)c(N2CCC(C)C(O)C2)c1N. The molecule has 0 radical (unpaired) electrons. The number of aliphatic hydroxyl groups excluding tert-OH is 1. The molecule has 0 amide bonds. The third-order valence-electron chi connectivity index (χ3n) is 3.68. The number of hydrogen-bond donors (Lipinski definition) is 2. The van der Waals surface area contributed by atoms with Crippen molar-refractivity contribution in [2.45, 2.75) is 32.8 Å². The summed E-state index contributed by atoms with van der Waals surface area (Å²) in [7, 11) is 1.91. The van der Waals surface area contributed by atoms with Crippen molar-refractivity contribution >= 4 is 11.5 Å². The molecule has 1 aliphatic heterocycles. The average molecular weight is 238 g/mol. The van der Waals surface area contributed by atoms with Crippen molar-refractivity contribution in [3.63, 3.8) is 0 Å². The van der Waals surface area contributed by atoms with E-state index in [1.165, 1.54) is 0 Å². The van der Waals surface area contributed by atoms with Gasteiger partial charge < -0.3 is 15.7 Å². The van der Waals surface area contributed by atoms with Crippen LogP contribution in [0.2, 0.25) is 0 Å². The molecule has 17 heavy (non-hydrogen) atoms. The number of nitrogen functional groups attached to an aromatic ring is 1. The Kier molecular flexibility index (Phi) is 3.28. The van der Waals surface area contributed by atoms with E-state index in [2.05, 4.69) is 23.8 Å². The Morgan fingerprint density at radius 2 is 2.24 bits per heavy atom. The van der Waals surface area contributed by atoms with Gasteiger partial charge in [0.1, 0.15) is 5.82 Å². The Hall–Kier alpha value is -1.23. The minimum absolute atomic E-state index is 0.275. The third kappa shape index (κ3) is 2.11. The molecule has 0 spiro atoms. The Labute approximate surface area is 102 Å². The Bertz CT molecular complexity index is 401. The molecule has 1 aliphatic rings. The second kappa shape index (κ2) is 4.56. The minimum Gasteiger partial charge on any atom is -0.394 e. The first-order valence-electron chi connectivity index (χ1n) is 6.29. The van der Waals surface area contributed by atoms with E-state index in [4.69, 9.17) is 5.73 Å². The molecule has 96 valence electrons. The van der Waals surface area contributed by atoms with Crippen LogP contribution in [0.3, 0.4) is 0 Å². The van der Waals surface area contributed by atoms with E-state index in [1.807, 2.05) is 11.7 Å². The molecule has 5 nitrogen and oxygen atoms in total. The van der Waals surface area contributed by atoms with E-state index in [-0.39, 0.29) is 6.10 Å². The summed E-state index contributed by atoms with van der Waals surface area (Å²) in [6, 6.07) is 0. The lowest BCUT2D eigenvalue weighted by Crippen LogP contribution is -2.43. The minimum atomic E-state index is -0.275. The highest BCUT2D eigenvalue weighted by molar-refractivity contribution is 5.66.